The van der Waals surface area contributed by atoms with E-state index >= 15 is 0 Å². The highest BCUT2D eigenvalue weighted by atomic mass is 32.2. The van der Waals surface area contributed by atoms with Crippen molar-refractivity contribution < 1.29 is 0 Å². The van der Waals surface area contributed by atoms with E-state index < -0.39 is 0 Å². The molecule has 0 amide bonds. The van der Waals surface area contributed by atoms with E-state index in [9.17, 15) is 0 Å². The van der Waals surface area contributed by atoms with E-state index in [4.69, 9.17) is 5.73 Å². The predicted octanol–water partition coefficient (Wildman–Crippen LogP) is 2.05. The van der Waals surface area contributed by atoms with Gasteiger partial charge in [-0.2, -0.15) is 5.10 Å². The third kappa shape index (κ3) is 2.93. The van der Waals surface area contributed by atoms with Crippen molar-refractivity contribution in [1.82, 2.24) is 15.2 Å². The van der Waals surface area contributed by atoms with Crippen LogP contribution in [0.4, 0.5) is 5.69 Å². The highest BCUT2D eigenvalue weighted by molar-refractivity contribution is 7.98. The van der Waals surface area contributed by atoms with Crippen molar-refractivity contribution in [2.24, 2.45) is 0 Å². The summed E-state index contributed by atoms with van der Waals surface area (Å²) in [5, 5.41) is 7.83. The first-order valence-corrected chi connectivity index (χ1v) is 5.86. The number of hydrogen-bond acceptors (Lipinski definition) is 5. The molecule has 5 heteroatoms. The second kappa shape index (κ2) is 4.94. The van der Waals surface area contributed by atoms with Gasteiger partial charge in [-0.1, -0.05) is 0 Å². The van der Waals surface area contributed by atoms with E-state index in [0.717, 1.165) is 27.9 Å². The van der Waals surface area contributed by atoms with E-state index in [1.54, 1.807) is 18.0 Å². The van der Waals surface area contributed by atoms with Crippen LogP contribution in [-0.2, 0) is 5.75 Å². The van der Waals surface area contributed by atoms with E-state index in [-0.39, 0.29) is 0 Å². The zero-order valence-electron chi connectivity index (χ0n) is 8.92. The van der Waals surface area contributed by atoms with Crippen molar-refractivity contribution in [1.29, 1.82) is 0 Å². The van der Waals surface area contributed by atoms with E-state index in [1.165, 1.54) is 0 Å². The number of nitrogen functional groups attached to an aromatic ring is 1. The average molecular weight is 232 g/mol. The Balaban J connectivity index is 1.99. The van der Waals surface area contributed by atoms with E-state index in [0.29, 0.717) is 0 Å². The zero-order chi connectivity index (χ0) is 11.4. The molecule has 2 rings (SSSR count). The minimum absolute atomic E-state index is 0.721. The van der Waals surface area contributed by atoms with Gasteiger partial charge in [-0.15, -0.1) is 16.9 Å². The molecule has 2 N–H and O–H groups in total. The van der Waals surface area contributed by atoms with Gasteiger partial charge in [-0.25, -0.2) is 4.98 Å². The first-order valence-electron chi connectivity index (χ1n) is 4.87. The Labute approximate surface area is 98.3 Å². The van der Waals surface area contributed by atoms with Crippen molar-refractivity contribution in [2.75, 3.05) is 5.73 Å². The number of rotatable bonds is 3. The Kier molecular flexibility index (Phi) is 3.36. The average Bonchev–Trinajstić information content (AvgIpc) is 2.28. The number of anilines is 1. The molecule has 0 spiro atoms. The van der Waals surface area contributed by atoms with Gasteiger partial charge in [0.1, 0.15) is 0 Å². The van der Waals surface area contributed by atoms with Crippen LogP contribution < -0.4 is 5.73 Å². The highest BCUT2D eigenvalue weighted by Crippen LogP contribution is 2.21. The summed E-state index contributed by atoms with van der Waals surface area (Å²) >= 11 is 1.67. The Morgan fingerprint density at radius 2 is 2.00 bits per heavy atom. The van der Waals surface area contributed by atoms with Gasteiger partial charge in [0, 0.05) is 10.6 Å². The van der Waals surface area contributed by atoms with Crippen LogP contribution in [0.2, 0.25) is 0 Å². The standard InChI is InChI=1S/C11H12N4S/c1-8-6-13-15-11(14-8)7-16-10-4-2-9(12)3-5-10/h2-6H,7,12H2,1H3. The highest BCUT2D eigenvalue weighted by Gasteiger charge is 1.99. The molecule has 4 nitrogen and oxygen atoms in total. The Morgan fingerprint density at radius 3 is 2.69 bits per heavy atom. The fraction of sp³-hybridized carbons (Fsp3) is 0.182. The lowest BCUT2D eigenvalue weighted by molar-refractivity contribution is 0.873. The number of aromatic nitrogens is 3. The van der Waals surface area contributed by atoms with Gasteiger partial charge in [0.05, 0.1) is 17.6 Å². The van der Waals surface area contributed by atoms with Crippen LogP contribution in [0.3, 0.4) is 0 Å². The summed E-state index contributed by atoms with van der Waals surface area (Å²) in [4.78, 5) is 5.44. The molecule has 1 aromatic carbocycles. The van der Waals surface area contributed by atoms with Crippen LogP contribution in [0.15, 0.2) is 35.4 Å². The molecule has 1 heterocycles. The van der Waals surface area contributed by atoms with Crippen LogP contribution >= 0.6 is 11.8 Å². The third-order valence-electron chi connectivity index (χ3n) is 1.97. The maximum absolute atomic E-state index is 5.61. The second-order valence-corrected chi connectivity index (χ2v) is 4.42. The van der Waals surface area contributed by atoms with Gasteiger partial charge in [0.15, 0.2) is 5.82 Å². The fourth-order valence-corrected chi connectivity index (χ4v) is 1.95. The lowest BCUT2D eigenvalue weighted by atomic mass is 10.3. The van der Waals surface area contributed by atoms with Crippen LogP contribution in [0.1, 0.15) is 11.5 Å². The van der Waals surface area contributed by atoms with Crippen LogP contribution in [-0.4, -0.2) is 15.2 Å². The Bertz CT molecular complexity index is 470. The summed E-state index contributed by atoms with van der Waals surface area (Å²) in [6.45, 7) is 1.91. The lowest BCUT2D eigenvalue weighted by Crippen LogP contribution is -1.96. The second-order valence-electron chi connectivity index (χ2n) is 3.37. The zero-order valence-corrected chi connectivity index (χ0v) is 9.74. The number of nitrogens with two attached hydrogens (primary N) is 1. The molecule has 16 heavy (non-hydrogen) atoms. The molecule has 0 fully saturated rings. The van der Waals surface area contributed by atoms with Gasteiger partial charge >= 0.3 is 0 Å². The molecule has 0 saturated carbocycles. The van der Waals surface area contributed by atoms with Crippen molar-refractivity contribution >= 4 is 17.4 Å². The Hall–Kier alpha value is -1.62. The number of nitrogens with zero attached hydrogens (tertiary/aromatic N) is 3. The maximum Gasteiger partial charge on any atom is 0.161 e. The minimum Gasteiger partial charge on any atom is -0.399 e. The summed E-state index contributed by atoms with van der Waals surface area (Å²) in [5.74, 6) is 1.47. The first-order chi connectivity index (χ1) is 7.74. The smallest absolute Gasteiger partial charge is 0.161 e. The van der Waals surface area contributed by atoms with Crippen LogP contribution in [0, 0.1) is 6.92 Å². The summed E-state index contributed by atoms with van der Waals surface area (Å²) < 4.78 is 0. The summed E-state index contributed by atoms with van der Waals surface area (Å²) in [6, 6.07) is 7.75. The van der Waals surface area contributed by atoms with Crippen molar-refractivity contribution in [3.05, 3.63) is 42.0 Å². The van der Waals surface area contributed by atoms with Crippen molar-refractivity contribution in [2.45, 2.75) is 17.6 Å². The lowest BCUT2D eigenvalue weighted by Gasteiger charge is -2.01. The Morgan fingerprint density at radius 1 is 1.25 bits per heavy atom. The molecule has 0 aliphatic carbocycles. The molecule has 0 saturated heterocycles. The first kappa shape index (κ1) is 10.9. The number of aryl methyl sites for hydroxylation is 1. The monoisotopic (exact) mass is 232 g/mol. The molecule has 0 unspecified atom stereocenters. The summed E-state index contributed by atoms with van der Waals surface area (Å²) in [7, 11) is 0. The van der Waals surface area contributed by atoms with Crippen molar-refractivity contribution in [3.8, 4) is 0 Å². The SMILES string of the molecule is Cc1cnnc(CSc2ccc(N)cc2)n1. The quantitative estimate of drug-likeness (QED) is 0.648. The van der Waals surface area contributed by atoms with Crippen LogP contribution in [0.25, 0.3) is 0 Å². The molecule has 0 aliphatic rings. The van der Waals surface area contributed by atoms with Crippen molar-refractivity contribution in [3.63, 3.8) is 0 Å². The maximum atomic E-state index is 5.61. The topological polar surface area (TPSA) is 64.7 Å². The van der Waals surface area contributed by atoms with Gasteiger partial charge in [-0.3, -0.25) is 0 Å². The fourth-order valence-electron chi connectivity index (χ4n) is 1.21. The van der Waals surface area contributed by atoms with Gasteiger partial charge in [0.25, 0.3) is 0 Å². The summed E-state index contributed by atoms with van der Waals surface area (Å²) in [5.41, 5.74) is 7.28. The minimum atomic E-state index is 0.721. The molecule has 0 bridgehead atoms. The summed E-state index contributed by atoms with van der Waals surface area (Å²) in [6.07, 6.45) is 1.65. The molecule has 0 radical (unpaired) electrons. The molecule has 2 aromatic rings. The molecule has 0 atom stereocenters. The largest absolute Gasteiger partial charge is 0.399 e. The normalized spacial score (nSPS) is 10.3. The van der Waals surface area contributed by atoms with E-state index in [1.807, 2.05) is 31.2 Å². The molecule has 1 aromatic heterocycles. The molecular weight excluding hydrogens is 220 g/mol. The van der Waals surface area contributed by atoms with Gasteiger partial charge in [0.2, 0.25) is 0 Å². The number of hydrogen-bond donors (Lipinski definition) is 1. The molecule has 82 valence electrons. The molecule has 0 aliphatic heterocycles. The molecular formula is C11H12N4S. The van der Waals surface area contributed by atoms with E-state index in [2.05, 4.69) is 15.2 Å². The van der Waals surface area contributed by atoms with Crippen LogP contribution in [0.5, 0.6) is 0 Å². The van der Waals surface area contributed by atoms with Gasteiger partial charge in [-0.05, 0) is 31.2 Å². The number of thioether (sulfide) groups is 1. The number of benzene rings is 1. The predicted molar refractivity (Wildman–Crippen MR) is 65.0 cm³/mol. The third-order valence-corrected chi connectivity index (χ3v) is 2.98. The van der Waals surface area contributed by atoms with Gasteiger partial charge < -0.3 is 5.73 Å².